The normalized spacial score (nSPS) is 15.7. The van der Waals surface area contributed by atoms with Crippen molar-refractivity contribution in [1.82, 2.24) is 14.6 Å². The number of anilines is 1. The number of carboxylic acids is 1. The Morgan fingerprint density at radius 3 is 2.34 bits per heavy atom. The lowest BCUT2D eigenvalue weighted by Crippen LogP contribution is -2.38. The number of piperidine rings is 1. The molecule has 1 aromatic heterocycles. The summed E-state index contributed by atoms with van der Waals surface area (Å²) in [6.07, 6.45) is 2.52. The van der Waals surface area contributed by atoms with E-state index in [1.54, 1.807) is 0 Å². The van der Waals surface area contributed by atoms with Crippen LogP contribution in [0.2, 0.25) is 0 Å². The first-order chi connectivity index (χ1) is 13.8. The van der Waals surface area contributed by atoms with Gasteiger partial charge in [-0.15, -0.1) is 0 Å². The first kappa shape index (κ1) is 20.7. The number of rotatable bonds is 6. The summed E-state index contributed by atoms with van der Waals surface area (Å²) in [6.45, 7) is 0.236. The Morgan fingerprint density at radius 1 is 1.14 bits per heavy atom. The monoisotopic (exact) mass is 418 g/mol. The molecule has 1 aliphatic heterocycles. The van der Waals surface area contributed by atoms with Gasteiger partial charge in [0.1, 0.15) is 17.1 Å². The molecule has 3 rings (SSSR count). The Labute approximate surface area is 168 Å². The number of aliphatic carboxylic acids is 1. The van der Waals surface area contributed by atoms with E-state index in [1.807, 2.05) is 24.3 Å². The Kier molecular flexibility index (Phi) is 6.14. The largest absolute Gasteiger partial charge is 0.480 e. The molecule has 9 nitrogen and oxygen atoms in total. The van der Waals surface area contributed by atoms with Gasteiger partial charge in [0.25, 0.3) is 5.91 Å². The van der Waals surface area contributed by atoms with Crippen LogP contribution in [0.15, 0.2) is 47.5 Å². The Hall–Kier alpha value is -2.98. The fourth-order valence-corrected chi connectivity index (χ4v) is 4.68. The van der Waals surface area contributed by atoms with Gasteiger partial charge >= 0.3 is 5.97 Å². The minimum atomic E-state index is -3.72. The summed E-state index contributed by atoms with van der Waals surface area (Å²) in [7, 11) is -3.72. The highest BCUT2D eigenvalue weighted by molar-refractivity contribution is 7.89. The third kappa shape index (κ3) is 4.90. The van der Waals surface area contributed by atoms with Crippen molar-refractivity contribution in [3.63, 3.8) is 0 Å². The van der Waals surface area contributed by atoms with Crippen LogP contribution in [-0.2, 0) is 14.8 Å². The van der Waals surface area contributed by atoms with Crippen molar-refractivity contribution in [1.29, 1.82) is 0 Å². The molecular formula is C19H22N4O5S. The summed E-state index contributed by atoms with van der Waals surface area (Å²) in [5.41, 5.74) is 7.51. The van der Waals surface area contributed by atoms with Gasteiger partial charge in [-0.05, 0) is 48.6 Å². The van der Waals surface area contributed by atoms with Gasteiger partial charge in [-0.2, -0.15) is 4.31 Å². The Balaban J connectivity index is 1.64. The first-order valence-corrected chi connectivity index (χ1v) is 10.5. The Morgan fingerprint density at radius 2 is 1.79 bits per heavy atom. The van der Waals surface area contributed by atoms with Gasteiger partial charge in [0.2, 0.25) is 10.0 Å². The summed E-state index contributed by atoms with van der Waals surface area (Å²) in [6, 6.07) is 10.2. The summed E-state index contributed by atoms with van der Waals surface area (Å²) in [5, 5.41) is 10.8. The number of nitrogen functional groups attached to an aromatic ring is 1. The lowest BCUT2D eigenvalue weighted by atomic mass is 9.90. The van der Waals surface area contributed by atoms with Gasteiger partial charge in [-0.1, -0.05) is 12.1 Å². The van der Waals surface area contributed by atoms with E-state index in [9.17, 15) is 18.0 Å². The molecule has 0 unspecified atom stereocenters. The molecule has 0 spiro atoms. The smallest absolute Gasteiger partial charge is 0.322 e. The number of nitrogens with zero attached hydrogens (tertiary/aromatic N) is 2. The first-order valence-electron chi connectivity index (χ1n) is 9.09. The van der Waals surface area contributed by atoms with E-state index in [2.05, 4.69) is 10.3 Å². The zero-order valence-electron chi connectivity index (χ0n) is 15.6. The van der Waals surface area contributed by atoms with Crippen molar-refractivity contribution in [2.45, 2.75) is 23.7 Å². The number of pyridine rings is 1. The van der Waals surface area contributed by atoms with Crippen molar-refractivity contribution in [3.8, 4) is 0 Å². The van der Waals surface area contributed by atoms with Gasteiger partial charge in [-0.25, -0.2) is 13.4 Å². The number of benzene rings is 1. The molecule has 0 bridgehead atoms. The van der Waals surface area contributed by atoms with Crippen LogP contribution in [0.3, 0.4) is 0 Å². The summed E-state index contributed by atoms with van der Waals surface area (Å²) in [4.78, 5) is 26.2. The number of nitrogens with one attached hydrogen (secondary N) is 1. The minimum absolute atomic E-state index is 0.00165. The fraction of sp³-hybridized carbons (Fsp3) is 0.316. The predicted octanol–water partition coefficient (Wildman–Crippen LogP) is 1.05. The molecule has 1 aliphatic rings. The van der Waals surface area contributed by atoms with Crippen molar-refractivity contribution in [2.24, 2.45) is 0 Å². The van der Waals surface area contributed by atoms with E-state index >= 15 is 0 Å². The predicted molar refractivity (Wildman–Crippen MR) is 106 cm³/mol. The second-order valence-electron chi connectivity index (χ2n) is 6.80. The summed E-state index contributed by atoms with van der Waals surface area (Å²) >= 11 is 0. The van der Waals surface area contributed by atoms with E-state index < -0.39 is 28.4 Å². The van der Waals surface area contributed by atoms with Gasteiger partial charge in [-0.3, -0.25) is 9.59 Å². The quantitative estimate of drug-likeness (QED) is 0.595. The van der Waals surface area contributed by atoms with Crippen LogP contribution < -0.4 is 11.1 Å². The van der Waals surface area contributed by atoms with Crippen LogP contribution in [0.4, 0.5) is 5.69 Å². The topological polar surface area (TPSA) is 143 Å². The van der Waals surface area contributed by atoms with E-state index in [0.717, 1.165) is 11.8 Å². The average molecular weight is 418 g/mol. The summed E-state index contributed by atoms with van der Waals surface area (Å²) < 4.78 is 27.1. The maximum absolute atomic E-state index is 12.9. The highest BCUT2D eigenvalue weighted by atomic mass is 32.2. The van der Waals surface area contributed by atoms with Crippen molar-refractivity contribution < 1.29 is 23.1 Å². The lowest BCUT2D eigenvalue weighted by molar-refractivity contribution is -0.135. The second kappa shape index (κ2) is 8.58. The van der Waals surface area contributed by atoms with Gasteiger partial charge < -0.3 is 16.2 Å². The number of carbonyl (C=O) groups is 2. The van der Waals surface area contributed by atoms with E-state index in [1.165, 1.54) is 16.4 Å². The van der Waals surface area contributed by atoms with Crippen LogP contribution in [0.1, 0.15) is 34.8 Å². The van der Waals surface area contributed by atoms with E-state index in [4.69, 9.17) is 10.8 Å². The van der Waals surface area contributed by atoms with Gasteiger partial charge in [0.15, 0.2) is 0 Å². The van der Waals surface area contributed by atoms with Gasteiger partial charge in [0.05, 0.1) is 0 Å². The lowest BCUT2D eigenvalue weighted by Gasteiger charge is -2.31. The number of nitrogens with two attached hydrogens (primary N) is 1. The molecule has 0 aliphatic carbocycles. The minimum Gasteiger partial charge on any atom is -0.480 e. The number of carbonyl (C=O) groups excluding carboxylic acids is 1. The number of hydrogen-bond donors (Lipinski definition) is 3. The van der Waals surface area contributed by atoms with Crippen molar-refractivity contribution in [2.75, 3.05) is 25.4 Å². The van der Waals surface area contributed by atoms with Gasteiger partial charge in [0, 0.05) is 25.0 Å². The molecule has 0 atom stereocenters. The van der Waals surface area contributed by atoms with E-state index in [0.29, 0.717) is 31.6 Å². The number of amides is 1. The highest BCUT2D eigenvalue weighted by Crippen LogP contribution is 2.31. The molecule has 1 amide bonds. The van der Waals surface area contributed by atoms with Crippen LogP contribution >= 0.6 is 0 Å². The zero-order chi connectivity index (χ0) is 21.0. The average Bonchev–Trinajstić information content (AvgIpc) is 2.72. The van der Waals surface area contributed by atoms with Crippen molar-refractivity contribution in [3.05, 3.63) is 53.9 Å². The molecular weight excluding hydrogens is 396 g/mol. The van der Waals surface area contributed by atoms with E-state index in [-0.39, 0.29) is 16.5 Å². The molecule has 4 N–H and O–H groups in total. The SMILES string of the molecule is Nc1ccc(C2CCN(S(=O)(=O)c3ccc(C(=O)NCC(=O)O)nc3)CC2)cc1. The molecule has 29 heavy (non-hydrogen) atoms. The molecule has 1 fully saturated rings. The number of hydrogen-bond acceptors (Lipinski definition) is 6. The third-order valence-electron chi connectivity index (χ3n) is 4.87. The summed E-state index contributed by atoms with van der Waals surface area (Å²) in [5.74, 6) is -1.58. The molecule has 154 valence electrons. The zero-order valence-corrected chi connectivity index (χ0v) is 16.4. The Bertz CT molecular complexity index is 982. The van der Waals surface area contributed by atoms with Crippen LogP contribution in [0.5, 0.6) is 0 Å². The molecule has 1 aromatic carbocycles. The molecule has 10 heteroatoms. The maximum Gasteiger partial charge on any atom is 0.322 e. The number of sulfonamides is 1. The van der Waals surface area contributed by atoms with Crippen LogP contribution in [-0.4, -0.2) is 54.3 Å². The maximum atomic E-state index is 12.9. The van der Waals surface area contributed by atoms with Crippen molar-refractivity contribution >= 4 is 27.6 Å². The third-order valence-corrected chi connectivity index (χ3v) is 6.75. The van der Waals surface area contributed by atoms with Crippen LogP contribution in [0, 0.1) is 0 Å². The molecule has 2 heterocycles. The molecule has 0 saturated carbocycles. The molecule has 2 aromatic rings. The molecule has 1 saturated heterocycles. The number of aromatic nitrogens is 1. The fourth-order valence-electron chi connectivity index (χ4n) is 3.26. The highest BCUT2D eigenvalue weighted by Gasteiger charge is 2.30. The molecule has 0 radical (unpaired) electrons. The number of carboxylic acid groups (broad SMARTS) is 1. The standard InChI is InChI=1S/C19H22N4O5S/c20-15-3-1-13(2-4-15)14-7-9-23(10-8-14)29(27,28)16-5-6-17(21-11-16)19(26)22-12-18(24)25/h1-6,11,14H,7-10,12,20H2,(H,22,26)(H,24,25). The second-order valence-corrected chi connectivity index (χ2v) is 8.74. The van der Waals surface area contributed by atoms with Crippen LogP contribution in [0.25, 0.3) is 0 Å².